The lowest BCUT2D eigenvalue weighted by atomic mass is 10.0. The Morgan fingerprint density at radius 2 is 2.26 bits per heavy atom. The van der Waals surface area contributed by atoms with Gasteiger partial charge in [-0.25, -0.2) is 0 Å². The van der Waals surface area contributed by atoms with Gasteiger partial charge in [0.05, 0.1) is 11.8 Å². The third-order valence-corrected chi connectivity index (χ3v) is 4.51. The Labute approximate surface area is 119 Å². The molecule has 2 atom stereocenters. The van der Waals surface area contributed by atoms with E-state index in [1.807, 2.05) is 11.8 Å². The molecule has 0 aliphatic carbocycles. The lowest BCUT2D eigenvalue weighted by Gasteiger charge is -2.15. The van der Waals surface area contributed by atoms with Crippen LogP contribution in [0.2, 0.25) is 0 Å². The lowest BCUT2D eigenvalue weighted by molar-refractivity contribution is 0.141. The number of hydrogen-bond donors (Lipinski definition) is 1. The van der Waals surface area contributed by atoms with Crippen molar-refractivity contribution in [3.8, 4) is 0 Å². The molecule has 1 saturated heterocycles. The van der Waals surface area contributed by atoms with Gasteiger partial charge in [-0.05, 0) is 11.7 Å². The Morgan fingerprint density at radius 1 is 1.42 bits per heavy atom. The predicted octanol–water partition coefficient (Wildman–Crippen LogP) is 1.45. The van der Waals surface area contributed by atoms with Crippen LogP contribution in [0.5, 0.6) is 0 Å². The molecular weight excluding hydrogens is 258 g/mol. The SMILES string of the molecule is CC(C)SCCN1C[C@@H](Cc2cnccn2)[C@H](O)C1. The summed E-state index contributed by atoms with van der Waals surface area (Å²) in [5.74, 6) is 1.43. The molecule has 0 amide bonds. The average Bonchev–Trinajstić information content (AvgIpc) is 2.71. The van der Waals surface area contributed by atoms with Gasteiger partial charge in [-0.3, -0.25) is 14.9 Å². The van der Waals surface area contributed by atoms with Crippen LogP contribution >= 0.6 is 11.8 Å². The maximum atomic E-state index is 10.1. The minimum absolute atomic E-state index is 0.231. The summed E-state index contributed by atoms with van der Waals surface area (Å²) < 4.78 is 0. The Kier molecular flexibility index (Phi) is 5.60. The summed E-state index contributed by atoms with van der Waals surface area (Å²) in [6.07, 6.45) is 5.79. The van der Waals surface area contributed by atoms with Crippen molar-refractivity contribution in [3.63, 3.8) is 0 Å². The minimum atomic E-state index is -0.231. The highest BCUT2D eigenvalue weighted by Crippen LogP contribution is 2.21. The highest BCUT2D eigenvalue weighted by Gasteiger charge is 2.31. The molecule has 1 aliphatic rings. The topological polar surface area (TPSA) is 49.2 Å². The molecule has 0 aromatic carbocycles. The molecule has 2 heterocycles. The summed E-state index contributed by atoms with van der Waals surface area (Å²) in [4.78, 5) is 10.7. The van der Waals surface area contributed by atoms with Crippen molar-refractivity contribution in [3.05, 3.63) is 24.3 Å². The first kappa shape index (κ1) is 14.8. The molecule has 106 valence electrons. The van der Waals surface area contributed by atoms with Crippen molar-refractivity contribution < 1.29 is 5.11 Å². The first-order valence-electron chi connectivity index (χ1n) is 6.92. The van der Waals surface area contributed by atoms with E-state index in [0.717, 1.165) is 37.5 Å². The van der Waals surface area contributed by atoms with Crippen LogP contribution in [0.25, 0.3) is 0 Å². The van der Waals surface area contributed by atoms with Crippen LogP contribution in [-0.4, -0.2) is 56.7 Å². The van der Waals surface area contributed by atoms with Crippen molar-refractivity contribution >= 4 is 11.8 Å². The third kappa shape index (κ3) is 4.75. The second-order valence-electron chi connectivity index (χ2n) is 5.41. The Hall–Kier alpha value is -0.650. The second kappa shape index (κ2) is 7.22. The molecule has 1 aromatic rings. The number of thioether (sulfide) groups is 1. The molecule has 4 nitrogen and oxygen atoms in total. The summed E-state index contributed by atoms with van der Waals surface area (Å²) in [6, 6.07) is 0. The molecule has 5 heteroatoms. The first-order chi connectivity index (χ1) is 9.15. The highest BCUT2D eigenvalue weighted by molar-refractivity contribution is 7.99. The number of β-amino-alcohol motifs (C(OH)–C–C–N with tert-alkyl or cyclic N) is 1. The third-order valence-electron chi connectivity index (χ3n) is 3.43. The van der Waals surface area contributed by atoms with E-state index in [-0.39, 0.29) is 6.10 Å². The van der Waals surface area contributed by atoms with Gasteiger partial charge in [0.15, 0.2) is 0 Å². The zero-order chi connectivity index (χ0) is 13.7. The van der Waals surface area contributed by atoms with Crippen molar-refractivity contribution in [1.82, 2.24) is 14.9 Å². The zero-order valence-corrected chi connectivity index (χ0v) is 12.5. The smallest absolute Gasteiger partial charge is 0.0711 e. The Morgan fingerprint density at radius 3 is 2.95 bits per heavy atom. The van der Waals surface area contributed by atoms with Crippen LogP contribution in [0, 0.1) is 5.92 Å². The number of aliphatic hydroxyl groups excluding tert-OH is 1. The fourth-order valence-electron chi connectivity index (χ4n) is 2.45. The number of rotatable bonds is 6. The molecule has 0 radical (unpaired) electrons. The van der Waals surface area contributed by atoms with E-state index in [0.29, 0.717) is 11.2 Å². The molecule has 1 fully saturated rings. The number of aliphatic hydroxyl groups is 1. The standard InChI is InChI=1S/C14H23N3OS/c1-11(2)19-6-5-17-9-12(14(18)10-17)7-13-8-15-3-4-16-13/h3-4,8,11-12,14,18H,5-7,9-10H2,1-2H3/t12-,14-/m1/s1. The van der Waals surface area contributed by atoms with Gasteiger partial charge in [0.25, 0.3) is 0 Å². The summed E-state index contributed by atoms with van der Waals surface area (Å²) in [6.45, 7) is 7.28. The fourth-order valence-corrected chi connectivity index (χ4v) is 3.28. The molecule has 0 spiro atoms. The monoisotopic (exact) mass is 281 g/mol. The fraction of sp³-hybridized carbons (Fsp3) is 0.714. The summed E-state index contributed by atoms with van der Waals surface area (Å²) in [5.41, 5.74) is 0.977. The van der Waals surface area contributed by atoms with E-state index in [1.54, 1.807) is 18.6 Å². The zero-order valence-electron chi connectivity index (χ0n) is 11.7. The molecule has 1 aliphatic heterocycles. The molecule has 0 bridgehead atoms. The summed E-state index contributed by atoms with van der Waals surface area (Å²) in [7, 11) is 0. The normalized spacial score (nSPS) is 24.2. The van der Waals surface area contributed by atoms with E-state index in [1.165, 1.54) is 0 Å². The largest absolute Gasteiger partial charge is 0.391 e. The van der Waals surface area contributed by atoms with Gasteiger partial charge in [-0.2, -0.15) is 11.8 Å². The van der Waals surface area contributed by atoms with Crippen LogP contribution in [-0.2, 0) is 6.42 Å². The molecule has 19 heavy (non-hydrogen) atoms. The van der Waals surface area contributed by atoms with Gasteiger partial charge in [-0.15, -0.1) is 0 Å². The maximum Gasteiger partial charge on any atom is 0.0711 e. The van der Waals surface area contributed by atoms with Gasteiger partial charge in [0.2, 0.25) is 0 Å². The Balaban J connectivity index is 1.77. The number of likely N-dealkylation sites (tertiary alicyclic amines) is 1. The van der Waals surface area contributed by atoms with Gasteiger partial charge < -0.3 is 5.11 Å². The molecule has 2 rings (SSSR count). The van der Waals surface area contributed by atoms with E-state index >= 15 is 0 Å². The van der Waals surface area contributed by atoms with E-state index in [2.05, 4.69) is 28.7 Å². The Bertz CT molecular complexity index is 374. The average molecular weight is 281 g/mol. The summed E-state index contributed by atoms with van der Waals surface area (Å²) >= 11 is 1.98. The summed E-state index contributed by atoms with van der Waals surface area (Å²) in [5, 5.41) is 10.8. The number of aromatic nitrogens is 2. The van der Waals surface area contributed by atoms with Crippen LogP contribution in [0.15, 0.2) is 18.6 Å². The molecule has 1 N–H and O–H groups in total. The van der Waals surface area contributed by atoms with E-state index in [9.17, 15) is 5.11 Å². The van der Waals surface area contributed by atoms with Crippen LogP contribution < -0.4 is 0 Å². The first-order valence-corrected chi connectivity index (χ1v) is 7.97. The van der Waals surface area contributed by atoms with Crippen LogP contribution in [0.4, 0.5) is 0 Å². The number of hydrogen-bond acceptors (Lipinski definition) is 5. The van der Waals surface area contributed by atoms with Crippen molar-refractivity contribution in [2.24, 2.45) is 5.92 Å². The second-order valence-corrected chi connectivity index (χ2v) is 7.09. The van der Waals surface area contributed by atoms with Crippen LogP contribution in [0.3, 0.4) is 0 Å². The minimum Gasteiger partial charge on any atom is -0.391 e. The quantitative estimate of drug-likeness (QED) is 0.855. The predicted molar refractivity (Wildman–Crippen MR) is 79.3 cm³/mol. The van der Waals surface area contributed by atoms with Crippen LogP contribution in [0.1, 0.15) is 19.5 Å². The van der Waals surface area contributed by atoms with Crippen molar-refractivity contribution in [2.45, 2.75) is 31.6 Å². The van der Waals surface area contributed by atoms with Gasteiger partial charge in [-0.1, -0.05) is 13.8 Å². The van der Waals surface area contributed by atoms with E-state index in [4.69, 9.17) is 0 Å². The van der Waals surface area contributed by atoms with Crippen molar-refractivity contribution in [1.29, 1.82) is 0 Å². The molecular formula is C14H23N3OS. The maximum absolute atomic E-state index is 10.1. The molecule has 0 unspecified atom stereocenters. The van der Waals surface area contributed by atoms with Gasteiger partial charge >= 0.3 is 0 Å². The van der Waals surface area contributed by atoms with Gasteiger partial charge in [0, 0.05) is 49.9 Å². The molecule has 1 aromatic heterocycles. The highest BCUT2D eigenvalue weighted by atomic mass is 32.2. The van der Waals surface area contributed by atoms with Crippen molar-refractivity contribution in [2.75, 3.05) is 25.4 Å². The lowest BCUT2D eigenvalue weighted by Crippen LogP contribution is -2.24. The van der Waals surface area contributed by atoms with E-state index < -0.39 is 0 Å². The van der Waals surface area contributed by atoms with Gasteiger partial charge in [0.1, 0.15) is 0 Å². The molecule has 0 saturated carbocycles. The number of nitrogens with zero attached hydrogens (tertiary/aromatic N) is 3.